The van der Waals surface area contributed by atoms with E-state index in [1.807, 2.05) is 35.4 Å². The summed E-state index contributed by atoms with van der Waals surface area (Å²) in [5, 5.41) is 8.54. The van der Waals surface area contributed by atoms with Gasteiger partial charge in [-0.3, -0.25) is 4.79 Å². The van der Waals surface area contributed by atoms with Crippen molar-refractivity contribution in [2.24, 2.45) is 0 Å². The van der Waals surface area contributed by atoms with Crippen molar-refractivity contribution in [2.75, 3.05) is 13.1 Å². The van der Waals surface area contributed by atoms with Crippen molar-refractivity contribution in [1.82, 2.24) is 20.0 Å². The number of carbonyl (C=O) groups is 1. The molecule has 0 radical (unpaired) electrons. The molecule has 2 aliphatic heterocycles. The summed E-state index contributed by atoms with van der Waals surface area (Å²) < 4.78 is 1.71. The predicted octanol–water partition coefficient (Wildman–Crippen LogP) is 2.49. The van der Waals surface area contributed by atoms with Gasteiger partial charge in [0.25, 0.3) is 5.91 Å². The second kappa shape index (κ2) is 5.98. The lowest BCUT2D eigenvalue weighted by atomic mass is 10.1. The summed E-state index contributed by atoms with van der Waals surface area (Å²) in [6, 6.07) is 9.89. The van der Waals surface area contributed by atoms with Crippen LogP contribution in [0.3, 0.4) is 0 Å². The van der Waals surface area contributed by atoms with Crippen molar-refractivity contribution in [3.63, 3.8) is 0 Å². The van der Waals surface area contributed by atoms with Gasteiger partial charge in [0, 0.05) is 29.8 Å². The van der Waals surface area contributed by atoms with Crippen molar-refractivity contribution >= 4 is 17.5 Å². The van der Waals surface area contributed by atoms with Gasteiger partial charge < -0.3 is 10.2 Å². The molecule has 2 unspecified atom stereocenters. The molecule has 1 aromatic heterocycles. The highest BCUT2D eigenvalue weighted by molar-refractivity contribution is 6.30. The van der Waals surface area contributed by atoms with E-state index in [4.69, 9.17) is 11.6 Å². The quantitative estimate of drug-likeness (QED) is 0.920. The Balaban J connectivity index is 1.60. The zero-order valence-electron chi connectivity index (χ0n) is 12.8. The summed E-state index contributed by atoms with van der Waals surface area (Å²) in [6.07, 6.45) is 5.03. The Morgan fingerprint density at radius 3 is 2.96 bits per heavy atom. The molecule has 120 valence electrons. The SMILES string of the molecule is O=C(c1ccn(-c2cccc(Cl)c2)n1)N1C2CCNCC1CC2. The van der Waals surface area contributed by atoms with E-state index in [0.29, 0.717) is 22.8 Å². The Morgan fingerprint density at radius 2 is 2.09 bits per heavy atom. The van der Waals surface area contributed by atoms with Gasteiger partial charge in [-0.05, 0) is 50.1 Å². The monoisotopic (exact) mass is 330 g/mol. The fourth-order valence-corrected chi connectivity index (χ4v) is 3.83. The number of nitrogens with zero attached hydrogens (tertiary/aromatic N) is 3. The number of fused-ring (bicyclic) bond motifs is 2. The fraction of sp³-hybridized carbons (Fsp3) is 0.412. The first-order valence-electron chi connectivity index (χ1n) is 8.07. The Bertz CT molecular complexity index is 715. The number of halogens is 1. The van der Waals surface area contributed by atoms with Crippen LogP contribution < -0.4 is 5.32 Å². The molecule has 0 spiro atoms. The summed E-state index contributed by atoms with van der Waals surface area (Å²) in [6.45, 7) is 1.87. The molecule has 2 saturated heterocycles. The topological polar surface area (TPSA) is 50.2 Å². The summed E-state index contributed by atoms with van der Waals surface area (Å²) >= 11 is 6.03. The normalized spacial score (nSPS) is 23.8. The lowest BCUT2D eigenvalue weighted by molar-refractivity contribution is 0.0673. The van der Waals surface area contributed by atoms with Crippen LogP contribution in [0.15, 0.2) is 36.5 Å². The van der Waals surface area contributed by atoms with Crippen LogP contribution in [0, 0.1) is 0 Å². The van der Waals surface area contributed by atoms with Gasteiger partial charge in [-0.1, -0.05) is 17.7 Å². The summed E-state index contributed by atoms with van der Waals surface area (Å²) in [4.78, 5) is 15.0. The molecule has 1 N–H and O–H groups in total. The molecule has 2 aromatic rings. The van der Waals surface area contributed by atoms with Gasteiger partial charge in [-0.15, -0.1) is 0 Å². The number of carbonyl (C=O) groups excluding carboxylic acids is 1. The second-order valence-corrected chi connectivity index (χ2v) is 6.65. The molecule has 0 saturated carbocycles. The molecule has 6 heteroatoms. The number of amides is 1. The molecule has 4 rings (SSSR count). The number of rotatable bonds is 2. The Kier molecular flexibility index (Phi) is 3.83. The largest absolute Gasteiger partial charge is 0.330 e. The van der Waals surface area contributed by atoms with Crippen LogP contribution in [-0.4, -0.2) is 45.8 Å². The summed E-state index contributed by atoms with van der Waals surface area (Å²) in [5.41, 5.74) is 1.36. The van der Waals surface area contributed by atoms with E-state index in [0.717, 1.165) is 38.0 Å². The molecule has 2 atom stereocenters. The van der Waals surface area contributed by atoms with Gasteiger partial charge in [0.2, 0.25) is 0 Å². The third kappa shape index (κ3) is 2.75. The highest BCUT2D eigenvalue weighted by Gasteiger charge is 2.39. The minimum absolute atomic E-state index is 0.0435. The predicted molar refractivity (Wildman–Crippen MR) is 89.0 cm³/mol. The van der Waals surface area contributed by atoms with Gasteiger partial charge in [-0.25, -0.2) is 4.68 Å². The number of hydrogen-bond acceptors (Lipinski definition) is 3. The van der Waals surface area contributed by atoms with Crippen LogP contribution in [0.1, 0.15) is 29.8 Å². The molecule has 3 heterocycles. The minimum Gasteiger partial charge on any atom is -0.330 e. The third-order valence-corrected chi connectivity index (χ3v) is 5.00. The van der Waals surface area contributed by atoms with Crippen molar-refractivity contribution < 1.29 is 4.79 Å². The maximum absolute atomic E-state index is 12.9. The Morgan fingerprint density at radius 1 is 1.22 bits per heavy atom. The van der Waals surface area contributed by atoms with Gasteiger partial charge in [0.05, 0.1) is 5.69 Å². The van der Waals surface area contributed by atoms with Crippen molar-refractivity contribution in [3.05, 3.63) is 47.2 Å². The molecule has 2 fully saturated rings. The first kappa shape index (κ1) is 14.7. The van der Waals surface area contributed by atoms with Crippen LogP contribution in [0.4, 0.5) is 0 Å². The molecule has 1 aromatic carbocycles. The minimum atomic E-state index is 0.0435. The second-order valence-electron chi connectivity index (χ2n) is 6.22. The van der Waals surface area contributed by atoms with Crippen LogP contribution in [-0.2, 0) is 0 Å². The van der Waals surface area contributed by atoms with Gasteiger partial charge in [-0.2, -0.15) is 5.10 Å². The van der Waals surface area contributed by atoms with Gasteiger partial charge in [0.15, 0.2) is 5.69 Å². The standard InChI is InChI=1S/C17H19ClN4O/c18-12-2-1-3-14(10-12)21-9-7-16(20-21)17(23)22-13-4-5-15(22)11-19-8-6-13/h1-3,7,9-10,13,15,19H,4-6,8,11H2. The summed E-state index contributed by atoms with van der Waals surface area (Å²) in [5.74, 6) is 0.0435. The average Bonchev–Trinajstić information content (AvgIpc) is 3.11. The van der Waals surface area contributed by atoms with E-state index in [1.165, 1.54) is 0 Å². The molecular weight excluding hydrogens is 312 g/mol. The third-order valence-electron chi connectivity index (χ3n) is 4.77. The highest BCUT2D eigenvalue weighted by atomic mass is 35.5. The maximum atomic E-state index is 12.9. The average molecular weight is 331 g/mol. The maximum Gasteiger partial charge on any atom is 0.274 e. The Hall–Kier alpha value is -1.85. The number of hydrogen-bond donors (Lipinski definition) is 1. The number of nitrogens with one attached hydrogen (secondary N) is 1. The zero-order valence-corrected chi connectivity index (χ0v) is 13.5. The number of aromatic nitrogens is 2. The molecule has 23 heavy (non-hydrogen) atoms. The van der Waals surface area contributed by atoms with E-state index >= 15 is 0 Å². The number of benzene rings is 1. The molecule has 5 nitrogen and oxygen atoms in total. The first-order chi connectivity index (χ1) is 11.2. The van der Waals surface area contributed by atoms with Crippen molar-refractivity contribution in [3.8, 4) is 5.69 Å². The van der Waals surface area contributed by atoms with Crippen LogP contribution >= 0.6 is 11.6 Å². The molecule has 2 aliphatic rings. The highest BCUT2D eigenvalue weighted by Crippen LogP contribution is 2.29. The first-order valence-corrected chi connectivity index (χ1v) is 8.45. The molecule has 1 amide bonds. The summed E-state index contributed by atoms with van der Waals surface area (Å²) in [7, 11) is 0. The van der Waals surface area contributed by atoms with E-state index in [-0.39, 0.29) is 5.91 Å². The van der Waals surface area contributed by atoms with Gasteiger partial charge >= 0.3 is 0 Å². The fourth-order valence-electron chi connectivity index (χ4n) is 3.65. The molecule has 0 aliphatic carbocycles. The van der Waals surface area contributed by atoms with E-state index in [9.17, 15) is 4.79 Å². The van der Waals surface area contributed by atoms with Crippen LogP contribution in [0.5, 0.6) is 0 Å². The van der Waals surface area contributed by atoms with Gasteiger partial charge in [0.1, 0.15) is 0 Å². The van der Waals surface area contributed by atoms with Crippen LogP contribution in [0.25, 0.3) is 5.69 Å². The smallest absolute Gasteiger partial charge is 0.274 e. The van der Waals surface area contributed by atoms with Crippen LogP contribution in [0.2, 0.25) is 5.02 Å². The van der Waals surface area contributed by atoms with E-state index in [1.54, 1.807) is 10.7 Å². The lowest BCUT2D eigenvalue weighted by Gasteiger charge is -2.27. The lowest BCUT2D eigenvalue weighted by Crippen LogP contribution is -2.42. The molecular formula is C17H19ClN4O. The van der Waals surface area contributed by atoms with Crippen molar-refractivity contribution in [2.45, 2.75) is 31.3 Å². The molecule has 2 bridgehead atoms. The van der Waals surface area contributed by atoms with E-state index in [2.05, 4.69) is 10.4 Å². The van der Waals surface area contributed by atoms with E-state index < -0.39 is 0 Å². The van der Waals surface area contributed by atoms with Crippen molar-refractivity contribution in [1.29, 1.82) is 0 Å². The Labute approximate surface area is 140 Å². The zero-order chi connectivity index (χ0) is 15.8.